The minimum absolute atomic E-state index is 0.179. The number of allylic oxidation sites excluding steroid dienone is 2. The third-order valence-corrected chi connectivity index (χ3v) is 15.0. The molecule has 0 aliphatic rings. The number of esters is 2. The summed E-state index contributed by atoms with van der Waals surface area (Å²) in [6.45, 7) is 4.92. The van der Waals surface area contributed by atoms with Crippen molar-refractivity contribution in [2.75, 3.05) is 47.5 Å². The molecular formula is C66H128NO8+. The fourth-order valence-corrected chi connectivity index (χ4v) is 9.95. The zero-order valence-corrected chi connectivity index (χ0v) is 50.7. The van der Waals surface area contributed by atoms with Crippen molar-refractivity contribution in [3.8, 4) is 0 Å². The lowest BCUT2D eigenvalue weighted by Crippen LogP contribution is -2.40. The lowest BCUT2D eigenvalue weighted by atomic mass is 10.0. The molecule has 0 heterocycles. The van der Waals surface area contributed by atoms with Crippen LogP contribution in [0, 0.1) is 0 Å². The average molecular weight is 1060 g/mol. The van der Waals surface area contributed by atoms with Gasteiger partial charge >= 0.3 is 17.9 Å². The maximum absolute atomic E-state index is 12.8. The summed E-state index contributed by atoms with van der Waals surface area (Å²) in [7, 11) is 5.98. The molecule has 2 unspecified atom stereocenters. The van der Waals surface area contributed by atoms with Gasteiger partial charge in [-0.25, -0.2) is 4.79 Å². The van der Waals surface area contributed by atoms with E-state index in [1.807, 2.05) is 21.1 Å². The van der Waals surface area contributed by atoms with Crippen molar-refractivity contribution in [1.82, 2.24) is 0 Å². The molecule has 0 aromatic carbocycles. The van der Waals surface area contributed by atoms with Gasteiger partial charge in [-0.05, 0) is 38.5 Å². The van der Waals surface area contributed by atoms with Gasteiger partial charge in [0.2, 0.25) is 0 Å². The van der Waals surface area contributed by atoms with E-state index in [2.05, 4.69) is 26.0 Å². The van der Waals surface area contributed by atoms with Gasteiger partial charge < -0.3 is 28.5 Å². The first kappa shape index (κ1) is 73.0. The smallest absolute Gasteiger partial charge is 0.361 e. The Morgan fingerprint density at radius 3 is 0.987 bits per heavy atom. The average Bonchev–Trinajstić information content (AvgIpc) is 3.38. The zero-order valence-electron chi connectivity index (χ0n) is 50.7. The number of unbranched alkanes of at least 4 members (excludes halogenated alkanes) is 45. The minimum atomic E-state index is -1.51. The van der Waals surface area contributed by atoms with Crippen LogP contribution in [0.5, 0.6) is 0 Å². The molecule has 75 heavy (non-hydrogen) atoms. The van der Waals surface area contributed by atoms with E-state index in [0.29, 0.717) is 23.9 Å². The molecule has 0 aliphatic carbocycles. The van der Waals surface area contributed by atoms with E-state index in [1.165, 1.54) is 250 Å². The van der Waals surface area contributed by atoms with Crippen LogP contribution >= 0.6 is 0 Å². The third kappa shape index (κ3) is 59.5. The number of nitrogens with zero attached hydrogens (tertiary/aromatic N) is 1. The highest BCUT2D eigenvalue weighted by Gasteiger charge is 2.25. The molecule has 0 saturated carbocycles. The molecule has 9 heteroatoms. The second-order valence-corrected chi connectivity index (χ2v) is 23.8. The number of carbonyl (C=O) groups excluding carboxylic acids is 2. The van der Waals surface area contributed by atoms with Crippen molar-refractivity contribution >= 4 is 17.9 Å². The van der Waals surface area contributed by atoms with Crippen molar-refractivity contribution < 1.29 is 42.9 Å². The third-order valence-electron chi connectivity index (χ3n) is 15.0. The van der Waals surface area contributed by atoms with E-state index in [-0.39, 0.29) is 32.2 Å². The molecular weight excluding hydrogens is 935 g/mol. The van der Waals surface area contributed by atoms with Crippen LogP contribution in [0.3, 0.4) is 0 Å². The van der Waals surface area contributed by atoms with Crippen molar-refractivity contribution in [3.63, 3.8) is 0 Å². The Labute approximate surface area is 465 Å². The van der Waals surface area contributed by atoms with Gasteiger partial charge in [0.25, 0.3) is 6.29 Å². The van der Waals surface area contributed by atoms with Gasteiger partial charge in [0.1, 0.15) is 13.2 Å². The molecule has 1 N–H and O–H groups in total. The normalized spacial score (nSPS) is 12.7. The van der Waals surface area contributed by atoms with E-state index >= 15 is 0 Å². The predicted molar refractivity (Wildman–Crippen MR) is 318 cm³/mol. The quantitative estimate of drug-likeness (QED) is 0.0211. The highest BCUT2D eigenvalue weighted by molar-refractivity contribution is 5.71. The number of hydrogen-bond acceptors (Lipinski definition) is 7. The second kappa shape index (κ2) is 58.2. The minimum Gasteiger partial charge on any atom is -0.477 e. The van der Waals surface area contributed by atoms with Crippen LogP contribution in [0.4, 0.5) is 0 Å². The van der Waals surface area contributed by atoms with Crippen LogP contribution < -0.4 is 0 Å². The number of hydrogen-bond donors (Lipinski definition) is 1. The van der Waals surface area contributed by atoms with Crippen LogP contribution in [0.1, 0.15) is 335 Å². The first-order chi connectivity index (χ1) is 36.6. The van der Waals surface area contributed by atoms with Gasteiger partial charge in [0, 0.05) is 12.8 Å². The molecule has 0 aliphatic heterocycles. The van der Waals surface area contributed by atoms with Crippen LogP contribution in [0.2, 0.25) is 0 Å². The molecule has 0 spiro atoms. The number of carboxylic acids is 1. The Kier molecular flexibility index (Phi) is 56.7. The van der Waals surface area contributed by atoms with Crippen molar-refractivity contribution in [2.45, 2.75) is 347 Å². The Bertz CT molecular complexity index is 1240. The van der Waals surface area contributed by atoms with Crippen LogP contribution in [-0.4, -0.2) is 87.4 Å². The molecule has 0 radical (unpaired) electrons. The van der Waals surface area contributed by atoms with Gasteiger partial charge in [0.05, 0.1) is 34.4 Å². The zero-order chi connectivity index (χ0) is 54.8. The van der Waals surface area contributed by atoms with Gasteiger partial charge in [-0.3, -0.25) is 9.59 Å². The SMILES string of the molecule is CCCCCCCC/C=C\CCCCCCCC(=O)OC(COC(=O)CCCCCCCCCCCCCCCCCCCCCCCCCCCCCCCCCCCCC)COC(OCC[N+](C)(C)C)C(=O)O. The van der Waals surface area contributed by atoms with E-state index < -0.39 is 24.3 Å². The van der Waals surface area contributed by atoms with Crippen molar-refractivity contribution in [2.24, 2.45) is 0 Å². The number of rotatable bonds is 62. The Morgan fingerprint density at radius 1 is 0.387 bits per heavy atom. The highest BCUT2D eigenvalue weighted by atomic mass is 16.7. The fraction of sp³-hybridized carbons (Fsp3) is 0.924. The number of aliphatic carboxylic acids is 1. The van der Waals surface area contributed by atoms with E-state index in [4.69, 9.17) is 18.9 Å². The summed E-state index contributed by atoms with van der Waals surface area (Å²) in [5.74, 6) is -1.99. The molecule has 0 saturated heterocycles. The monoisotopic (exact) mass is 1060 g/mol. The maximum Gasteiger partial charge on any atom is 0.361 e. The number of likely N-dealkylation sites (N-methyl/N-ethyl adjacent to an activating group) is 1. The Balaban J connectivity index is 3.95. The largest absolute Gasteiger partial charge is 0.477 e. The molecule has 9 nitrogen and oxygen atoms in total. The van der Waals surface area contributed by atoms with Crippen LogP contribution in [0.25, 0.3) is 0 Å². The molecule has 0 bridgehead atoms. The molecule has 0 aromatic rings. The van der Waals surface area contributed by atoms with Gasteiger partial charge in [-0.15, -0.1) is 0 Å². The van der Waals surface area contributed by atoms with E-state index in [1.54, 1.807) is 0 Å². The van der Waals surface area contributed by atoms with Crippen molar-refractivity contribution in [3.05, 3.63) is 12.2 Å². The summed E-state index contributed by atoms with van der Waals surface area (Å²) < 4.78 is 22.9. The summed E-state index contributed by atoms with van der Waals surface area (Å²) in [5.41, 5.74) is 0. The highest BCUT2D eigenvalue weighted by Crippen LogP contribution is 2.19. The molecule has 0 rings (SSSR count). The summed E-state index contributed by atoms with van der Waals surface area (Å²) >= 11 is 0. The van der Waals surface area contributed by atoms with Gasteiger partial charge in [-0.1, -0.05) is 296 Å². The summed E-state index contributed by atoms with van der Waals surface area (Å²) in [5, 5.41) is 9.70. The number of ether oxygens (including phenoxy) is 4. The standard InChI is InChI=1S/C66H127NO8/c1-6-8-10-12-14-16-18-20-22-23-24-25-26-27-28-29-30-31-32-33-34-35-36-37-38-39-40-41-43-44-46-48-50-52-54-56-63(68)73-60-62(61-74-66(65(70)71)72-59-58-67(3,4)5)75-64(69)57-55-53-51-49-47-45-42-21-19-17-15-13-11-9-7-2/h21,42,62,66H,6-20,22-41,43-61H2,1-5H3/p+1/b42-21-. The van der Waals surface area contributed by atoms with Crippen LogP contribution in [-0.2, 0) is 33.3 Å². The van der Waals surface area contributed by atoms with Crippen LogP contribution in [0.15, 0.2) is 12.2 Å². The fourth-order valence-electron chi connectivity index (χ4n) is 9.95. The lowest BCUT2D eigenvalue weighted by molar-refractivity contribution is -0.870. The molecule has 0 aromatic heterocycles. The first-order valence-corrected chi connectivity index (χ1v) is 32.9. The topological polar surface area (TPSA) is 108 Å². The number of quaternary nitrogens is 1. The number of carbonyl (C=O) groups is 3. The second-order valence-electron chi connectivity index (χ2n) is 23.8. The van der Waals surface area contributed by atoms with Gasteiger partial charge in [0.15, 0.2) is 6.10 Å². The Morgan fingerprint density at radius 2 is 0.680 bits per heavy atom. The number of carboxylic acid groups (broad SMARTS) is 1. The molecule has 0 amide bonds. The summed E-state index contributed by atoms with van der Waals surface area (Å²) in [6.07, 6.45) is 66.2. The molecule has 0 fully saturated rings. The first-order valence-electron chi connectivity index (χ1n) is 32.9. The lowest BCUT2D eigenvalue weighted by Gasteiger charge is -2.25. The molecule has 444 valence electrons. The van der Waals surface area contributed by atoms with E-state index in [9.17, 15) is 19.5 Å². The van der Waals surface area contributed by atoms with Crippen molar-refractivity contribution in [1.29, 1.82) is 0 Å². The molecule has 2 atom stereocenters. The predicted octanol–water partition coefficient (Wildman–Crippen LogP) is 19.7. The maximum atomic E-state index is 12.8. The summed E-state index contributed by atoms with van der Waals surface area (Å²) in [4.78, 5) is 37.4. The van der Waals surface area contributed by atoms with Gasteiger partial charge in [-0.2, -0.15) is 0 Å². The Hall–Kier alpha value is -1.97. The van der Waals surface area contributed by atoms with E-state index in [0.717, 1.165) is 51.4 Å². The summed E-state index contributed by atoms with van der Waals surface area (Å²) in [6, 6.07) is 0.